The van der Waals surface area contributed by atoms with Gasteiger partial charge in [-0.15, -0.1) is 0 Å². The molecular weight excluding hydrogens is 332 g/mol. The molecule has 0 aliphatic carbocycles. The average Bonchev–Trinajstić information content (AvgIpc) is 3.21. The summed E-state index contributed by atoms with van der Waals surface area (Å²) in [5.41, 5.74) is 0.386. The third-order valence-electron chi connectivity index (χ3n) is 4.78. The highest BCUT2D eigenvalue weighted by atomic mass is 32.2. The fourth-order valence-corrected chi connectivity index (χ4v) is 4.44. The molecule has 4 rings (SSSR count). The Bertz CT molecular complexity index is 829. The molecule has 4 atom stereocenters. The van der Waals surface area contributed by atoms with Crippen molar-refractivity contribution in [2.75, 3.05) is 19.0 Å². The molecule has 0 saturated carbocycles. The zero-order valence-electron chi connectivity index (χ0n) is 13.1. The number of carbonyl (C=O) groups excluding carboxylic acids is 2. The van der Waals surface area contributed by atoms with E-state index in [0.29, 0.717) is 5.69 Å². The monoisotopic (exact) mass is 348 g/mol. The summed E-state index contributed by atoms with van der Waals surface area (Å²) in [5, 5.41) is 0. The standard InChI is InChI=1S/C16H16N2O5S/c1-17(2)24(21,22)10-5-3-9(4-6-10)18-15(19)13-11-7-8-12(23-11)14(13)16(18)20/h3-8,11-14H,1-2H3/t11-,12+,13?,14?. The van der Waals surface area contributed by atoms with Gasteiger partial charge in [-0.1, -0.05) is 12.2 Å². The largest absolute Gasteiger partial charge is 0.365 e. The number of hydrogen-bond donors (Lipinski definition) is 0. The minimum atomic E-state index is -3.55. The Morgan fingerprint density at radius 1 is 0.958 bits per heavy atom. The molecule has 0 aromatic heterocycles. The molecule has 2 amide bonds. The van der Waals surface area contributed by atoms with E-state index in [-0.39, 0.29) is 28.9 Å². The minimum absolute atomic E-state index is 0.112. The summed E-state index contributed by atoms with van der Waals surface area (Å²) in [7, 11) is -0.662. The number of amides is 2. The van der Waals surface area contributed by atoms with Crippen molar-refractivity contribution >= 4 is 27.5 Å². The number of hydrogen-bond acceptors (Lipinski definition) is 5. The van der Waals surface area contributed by atoms with Crippen molar-refractivity contribution in [3.8, 4) is 0 Å². The number of imide groups is 1. The summed E-state index contributed by atoms with van der Waals surface area (Å²) in [6, 6.07) is 5.79. The lowest BCUT2D eigenvalue weighted by atomic mass is 9.85. The quantitative estimate of drug-likeness (QED) is 0.582. The maximum atomic E-state index is 12.6. The van der Waals surface area contributed by atoms with E-state index in [1.807, 2.05) is 12.2 Å². The molecule has 0 radical (unpaired) electrons. The lowest BCUT2D eigenvalue weighted by molar-refractivity contribution is -0.124. The SMILES string of the molecule is CN(C)S(=O)(=O)c1ccc(N2C(=O)C3C(C2=O)[C@H]2C=C[C@@H]3O2)cc1. The normalized spacial score (nSPS) is 31.4. The molecule has 3 heterocycles. The highest BCUT2D eigenvalue weighted by Crippen LogP contribution is 2.46. The highest BCUT2D eigenvalue weighted by Gasteiger charge is 2.60. The van der Waals surface area contributed by atoms with Crippen LogP contribution >= 0.6 is 0 Å². The summed E-state index contributed by atoms with van der Waals surface area (Å²) in [6.45, 7) is 0. The van der Waals surface area contributed by atoms with Crippen molar-refractivity contribution in [3.05, 3.63) is 36.4 Å². The third kappa shape index (κ3) is 1.93. The zero-order valence-corrected chi connectivity index (χ0v) is 13.9. The number of carbonyl (C=O) groups is 2. The van der Waals surface area contributed by atoms with Gasteiger partial charge in [-0.3, -0.25) is 9.59 Å². The first kappa shape index (κ1) is 15.5. The number of rotatable bonds is 3. The Morgan fingerprint density at radius 3 is 1.92 bits per heavy atom. The number of fused-ring (bicyclic) bond motifs is 5. The van der Waals surface area contributed by atoms with Gasteiger partial charge in [0.05, 0.1) is 34.6 Å². The predicted octanol–water partition coefficient (Wildman–Crippen LogP) is 0.380. The Hall–Kier alpha value is -2.03. The minimum Gasteiger partial charge on any atom is -0.365 e. The van der Waals surface area contributed by atoms with Gasteiger partial charge in [0.15, 0.2) is 0 Å². The molecule has 2 unspecified atom stereocenters. The number of anilines is 1. The molecule has 3 aliphatic rings. The van der Waals surface area contributed by atoms with Crippen molar-refractivity contribution in [2.45, 2.75) is 17.1 Å². The lowest BCUT2D eigenvalue weighted by Crippen LogP contribution is -2.34. The van der Waals surface area contributed by atoms with Crippen LogP contribution < -0.4 is 4.90 Å². The second kappa shape index (κ2) is 4.98. The van der Waals surface area contributed by atoms with Crippen LogP contribution in [-0.2, 0) is 24.3 Å². The number of ether oxygens (including phenoxy) is 1. The molecule has 3 aliphatic heterocycles. The second-order valence-corrected chi connectivity index (χ2v) is 8.45. The molecule has 24 heavy (non-hydrogen) atoms. The van der Waals surface area contributed by atoms with E-state index < -0.39 is 21.9 Å². The molecule has 1 aromatic carbocycles. The first-order valence-corrected chi connectivity index (χ1v) is 9.00. The van der Waals surface area contributed by atoms with E-state index in [0.717, 1.165) is 9.21 Å². The summed E-state index contributed by atoms with van der Waals surface area (Å²) >= 11 is 0. The van der Waals surface area contributed by atoms with Gasteiger partial charge < -0.3 is 4.74 Å². The van der Waals surface area contributed by atoms with Crippen LogP contribution in [0.15, 0.2) is 41.3 Å². The van der Waals surface area contributed by atoms with E-state index in [1.165, 1.54) is 38.4 Å². The fraction of sp³-hybridized carbons (Fsp3) is 0.375. The molecule has 8 heteroatoms. The summed E-state index contributed by atoms with van der Waals surface area (Å²) < 4.78 is 30.9. The second-order valence-electron chi connectivity index (χ2n) is 6.29. The summed E-state index contributed by atoms with van der Waals surface area (Å²) in [4.78, 5) is 26.5. The van der Waals surface area contributed by atoms with Gasteiger partial charge in [-0.25, -0.2) is 17.6 Å². The smallest absolute Gasteiger partial charge is 0.242 e. The number of nitrogens with zero attached hydrogens (tertiary/aromatic N) is 2. The molecule has 2 bridgehead atoms. The van der Waals surface area contributed by atoms with E-state index >= 15 is 0 Å². The van der Waals surface area contributed by atoms with Gasteiger partial charge in [0.2, 0.25) is 21.8 Å². The van der Waals surface area contributed by atoms with Crippen LogP contribution in [0.1, 0.15) is 0 Å². The van der Waals surface area contributed by atoms with Crippen LogP contribution in [0.25, 0.3) is 0 Å². The summed E-state index contributed by atoms with van der Waals surface area (Å²) in [5.74, 6) is -1.52. The van der Waals surface area contributed by atoms with Gasteiger partial charge in [0.1, 0.15) is 0 Å². The summed E-state index contributed by atoms with van der Waals surface area (Å²) in [6.07, 6.45) is 2.98. The predicted molar refractivity (Wildman–Crippen MR) is 84.6 cm³/mol. The molecule has 1 aromatic rings. The zero-order chi connectivity index (χ0) is 17.2. The van der Waals surface area contributed by atoms with E-state index in [2.05, 4.69) is 0 Å². The van der Waals surface area contributed by atoms with Crippen molar-refractivity contribution in [3.63, 3.8) is 0 Å². The van der Waals surface area contributed by atoms with Crippen molar-refractivity contribution in [1.82, 2.24) is 4.31 Å². The number of sulfonamides is 1. The number of benzene rings is 1. The van der Waals surface area contributed by atoms with Crippen LogP contribution in [0.5, 0.6) is 0 Å². The lowest BCUT2D eigenvalue weighted by Gasteiger charge is -2.18. The molecular formula is C16H16N2O5S. The third-order valence-corrected chi connectivity index (χ3v) is 6.61. The maximum Gasteiger partial charge on any atom is 0.242 e. The highest BCUT2D eigenvalue weighted by molar-refractivity contribution is 7.89. The molecule has 0 spiro atoms. The topological polar surface area (TPSA) is 84.0 Å². The molecule has 7 nitrogen and oxygen atoms in total. The molecule has 2 fully saturated rings. The molecule has 0 N–H and O–H groups in total. The first-order chi connectivity index (χ1) is 11.3. The van der Waals surface area contributed by atoms with Gasteiger partial charge in [-0.05, 0) is 24.3 Å². The van der Waals surface area contributed by atoms with Gasteiger partial charge >= 0.3 is 0 Å². The van der Waals surface area contributed by atoms with Gasteiger partial charge in [-0.2, -0.15) is 0 Å². The Morgan fingerprint density at radius 2 is 1.46 bits per heavy atom. The Balaban J connectivity index is 1.66. The van der Waals surface area contributed by atoms with Crippen molar-refractivity contribution < 1.29 is 22.7 Å². The van der Waals surface area contributed by atoms with Crippen LogP contribution in [0.3, 0.4) is 0 Å². The van der Waals surface area contributed by atoms with E-state index in [4.69, 9.17) is 4.74 Å². The first-order valence-electron chi connectivity index (χ1n) is 7.56. The van der Waals surface area contributed by atoms with Gasteiger partial charge in [0.25, 0.3) is 0 Å². The van der Waals surface area contributed by atoms with E-state index in [1.54, 1.807) is 0 Å². The van der Waals surface area contributed by atoms with Crippen LogP contribution in [0.4, 0.5) is 5.69 Å². The fourth-order valence-electron chi connectivity index (χ4n) is 3.54. The Labute approximate surface area is 139 Å². The van der Waals surface area contributed by atoms with Gasteiger partial charge in [0, 0.05) is 14.1 Å². The molecule has 2 saturated heterocycles. The molecule has 126 valence electrons. The van der Waals surface area contributed by atoms with Crippen molar-refractivity contribution in [2.24, 2.45) is 11.8 Å². The maximum absolute atomic E-state index is 12.6. The van der Waals surface area contributed by atoms with Crippen LogP contribution in [0, 0.1) is 11.8 Å². The van der Waals surface area contributed by atoms with Crippen molar-refractivity contribution in [1.29, 1.82) is 0 Å². The average molecular weight is 348 g/mol. The van der Waals surface area contributed by atoms with Crippen LogP contribution in [-0.4, -0.2) is 50.8 Å². The Kier molecular flexibility index (Phi) is 3.22. The van der Waals surface area contributed by atoms with Crippen LogP contribution in [0.2, 0.25) is 0 Å². The van der Waals surface area contributed by atoms with E-state index in [9.17, 15) is 18.0 Å².